The van der Waals surface area contributed by atoms with Crippen molar-refractivity contribution in [1.82, 2.24) is 10.3 Å². The Bertz CT molecular complexity index is 1020. The summed E-state index contributed by atoms with van der Waals surface area (Å²) >= 11 is 1.01. The molecule has 0 radical (unpaired) electrons. The van der Waals surface area contributed by atoms with Crippen LogP contribution in [0.25, 0.3) is 11.1 Å². The van der Waals surface area contributed by atoms with Gasteiger partial charge in [-0.15, -0.1) is 0 Å². The number of thioether (sulfide) groups is 1. The topological polar surface area (TPSA) is 108 Å². The average molecular weight is 436 g/mol. The van der Waals surface area contributed by atoms with Crippen LogP contribution in [0.15, 0.2) is 58.2 Å². The number of alkyl halides is 2. The zero-order valence-electron chi connectivity index (χ0n) is 15.2. The molecule has 156 valence electrons. The lowest BCUT2D eigenvalue weighted by Crippen LogP contribution is -2.34. The maximum absolute atomic E-state index is 12.1. The maximum atomic E-state index is 12.1. The number of carbonyl (C=O) groups excluding carboxylic acids is 3. The third kappa shape index (κ3) is 6.01. The minimum atomic E-state index is -2.98. The number of nitrogens with zero attached hydrogens (tertiary/aromatic N) is 1. The van der Waals surface area contributed by atoms with Crippen molar-refractivity contribution in [2.24, 2.45) is 0 Å². The summed E-state index contributed by atoms with van der Waals surface area (Å²) in [7, 11) is 0. The van der Waals surface area contributed by atoms with Gasteiger partial charge in [0.05, 0.1) is 0 Å². The first-order valence-corrected chi connectivity index (χ1v) is 9.42. The molecule has 30 heavy (non-hydrogen) atoms. The highest BCUT2D eigenvalue weighted by Crippen LogP contribution is 2.23. The second-order valence-corrected chi connectivity index (χ2v) is 6.60. The molecule has 0 fully saturated rings. The molecule has 0 spiro atoms. The molecule has 2 amide bonds. The monoisotopic (exact) mass is 436 g/mol. The van der Waals surface area contributed by atoms with Gasteiger partial charge < -0.3 is 13.9 Å². The number of hydrogen-bond acceptors (Lipinski definition) is 8. The Balaban J connectivity index is 1.41. The SMILES string of the molecule is O=C(COC(=O)CSc1nc2ccccc2o1)NC(=O)c1ccc(OC(F)F)cc1. The summed E-state index contributed by atoms with van der Waals surface area (Å²) in [6.45, 7) is -3.65. The normalized spacial score (nSPS) is 10.8. The molecule has 11 heteroatoms. The van der Waals surface area contributed by atoms with Crippen molar-refractivity contribution in [2.45, 2.75) is 11.8 Å². The summed E-state index contributed by atoms with van der Waals surface area (Å²) < 4.78 is 38.6. The summed E-state index contributed by atoms with van der Waals surface area (Å²) in [6, 6.07) is 11.9. The molecule has 2 aromatic carbocycles. The van der Waals surface area contributed by atoms with Crippen LogP contribution < -0.4 is 10.1 Å². The fourth-order valence-electron chi connectivity index (χ4n) is 2.24. The van der Waals surface area contributed by atoms with Crippen molar-refractivity contribution in [3.05, 3.63) is 54.1 Å². The summed E-state index contributed by atoms with van der Waals surface area (Å²) in [6.07, 6.45) is 0. The molecular formula is C19H14F2N2O6S. The third-order valence-electron chi connectivity index (χ3n) is 3.55. The van der Waals surface area contributed by atoms with Crippen LogP contribution in [0.4, 0.5) is 8.78 Å². The number of esters is 1. The standard InChI is InChI=1S/C19H14F2N2O6S/c20-18(21)28-12-7-5-11(6-8-12)17(26)23-15(24)9-27-16(25)10-30-19-22-13-3-1-2-4-14(13)29-19/h1-8,18H,9-10H2,(H,23,24,26). The first-order chi connectivity index (χ1) is 14.4. The molecule has 0 aliphatic heterocycles. The highest BCUT2D eigenvalue weighted by atomic mass is 32.2. The van der Waals surface area contributed by atoms with E-state index in [4.69, 9.17) is 9.15 Å². The van der Waals surface area contributed by atoms with Gasteiger partial charge in [-0.2, -0.15) is 8.78 Å². The number of oxazole rings is 1. The summed E-state index contributed by atoms with van der Waals surface area (Å²) in [5.74, 6) is -2.58. The summed E-state index contributed by atoms with van der Waals surface area (Å²) in [5, 5.41) is 2.31. The van der Waals surface area contributed by atoms with E-state index < -0.39 is 31.0 Å². The Kier molecular flexibility index (Phi) is 6.96. The van der Waals surface area contributed by atoms with E-state index in [1.807, 2.05) is 5.32 Å². The van der Waals surface area contributed by atoms with Crippen molar-refractivity contribution in [2.75, 3.05) is 12.4 Å². The molecule has 1 N–H and O–H groups in total. The van der Waals surface area contributed by atoms with Gasteiger partial charge in [0.2, 0.25) is 0 Å². The number of hydrogen-bond donors (Lipinski definition) is 1. The van der Waals surface area contributed by atoms with Crippen LogP contribution >= 0.6 is 11.8 Å². The molecule has 0 saturated carbocycles. The number of rotatable bonds is 8. The van der Waals surface area contributed by atoms with Crippen LogP contribution in [-0.2, 0) is 14.3 Å². The van der Waals surface area contributed by atoms with Crippen LogP contribution in [0.3, 0.4) is 0 Å². The average Bonchev–Trinajstić information content (AvgIpc) is 3.14. The zero-order valence-corrected chi connectivity index (χ0v) is 16.0. The first kappa shape index (κ1) is 21.2. The lowest BCUT2D eigenvalue weighted by molar-refractivity contribution is -0.145. The highest BCUT2D eigenvalue weighted by molar-refractivity contribution is 7.99. The number of para-hydroxylation sites is 2. The van der Waals surface area contributed by atoms with Gasteiger partial charge in [0, 0.05) is 5.56 Å². The molecule has 3 aromatic rings. The fraction of sp³-hybridized carbons (Fsp3) is 0.158. The number of carbonyl (C=O) groups is 3. The first-order valence-electron chi connectivity index (χ1n) is 8.44. The van der Waals surface area contributed by atoms with Crippen LogP contribution in [0.1, 0.15) is 10.4 Å². The fourth-order valence-corrected chi connectivity index (χ4v) is 2.88. The molecule has 0 bridgehead atoms. The molecule has 0 aliphatic rings. The molecule has 0 saturated heterocycles. The Morgan fingerprint density at radius 2 is 1.83 bits per heavy atom. The van der Waals surface area contributed by atoms with Crippen molar-refractivity contribution < 1.29 is 37.1 Å². The van der Waals surface area contributed by atoms with Gasteiger partial charge in [-0.25, -0.2) is 4.98 Å². The number of imide groups is 1. The molecular weight excluding hydrogens is 422 g/mol. The van der Waals surface area contributed by atoms with Crippen molar-refractivity contribution in [3.8, 4) is 5.75 Å². The van der Waals surface area contributed by atoms with E-state index in [-0.39, 0.29) is 22.3 Å². The van der Waals surface area contributed by atoms with E-state index in [0.717, 1.165) is 23.9 Å². The lowest BCUT2D eigenvalue weighted by atomic mass is 10.2. The van der Waals surface area contributed by atoms with Crippen LogP contribution in [0, 0.1) is 0 Å². The van der Waals surface area contributed by atoms with Gasteiger partial charge in [-0.05, 0) is 36.4 Å². The molecule has 0 atom stereocenters. The number of aromatic nitrogens is 1. The Labute approximate surface area is 172 Å². The minimum absolute atomic E-state index is 0.0443. The molecule has 0 aliphatic carbocycles. The van der Waals surface area contributed by atoms with Gasteiger partial charge in [0.15, 0.2) is 12.2 Å². The maximum Gasteiger partial charge on any atom is 0.387 e. The van der Waals surface area contributed by atoms with E-state index in [1.54, 1.807) is 24.3 Å². The van der Waals surface area contributed by atoms with E-state index in [0.29, 0.717) is 11.1 Å². The summed E-state index contributed by atoms with van der Waals surface area (Å²) in [4.78, 5) is 39.7. The predicted molar refractivity (Wildman–Crippen MR) is 101 cm³/mol. The number of nitrogens with one attached hydrogen (secondary N) is 1. The molecule has 1 heterocycles. The van der Waals surface area contributed by atoms with Crippen LogP contribution in [0.5, 0.6) is 5.75 Å². The molecule has 3 rings (SSSR count). The Morgan fingerprint density at radius 1 is 1.10 bits per heavy atom. The Morgan fingerprint density at radius 3 is 2.53 bits per heavy atom. The summed E-state index contributed by atoms with van der Waals surface area (Å²) in [5.41, 5.74) is 1.28. The van der Waals surface area contributed by atoms with Gasteiger partial charge in [0.1, 0.15) is 17.0 Å². The second kappa shape index (κ2) is 9.83. The largest absolute Gasteiger partial charge is 0.455 e. The number of fused-ring (bicyclic) bond motifs is 1. The number of ether oxygens (including phenoxy) is 2. The zero-order chi connectivity index (χ0) is 21.5. The Hall–Kier alpha value is -3.47. The minimum Gasteiger partial charge on any atom is -0.455 e. The van der Waals surface area contributed by atoms with Crippen molar-refractivity contribution in [3.63, 3.8) is 0 Å². The third-order valence-corrected chi connectivity index (χ3v) is 4.35. The van der Waals surface area contributed by atoms with E-state index in [9.17, 15) is 23.2 Å². The second-order valence-electron chi connectivity index (χ2n) is 5.68. The van der Waals surface area contributed by atoms with Crippen LogP contribution in [0.2, 0.25) is 0 Å². The van der Waals surface area contributed by atoms with E-state index in [2.05, 4.69) is 9.72 Å². The van der Waals surface area contributed by atoms with Crippen molar-refractivity contribution >= 4 is 40.6 Å². The van der Waals surface area contributed by atoms with Gasteiger partial charge in [-0.1, -0.05) is 23.9 Å². The number of halogens is 2. The molecule has 0 unspecified atom stereocenters. The molecule has 8 nitrogen and oxygen atoms in total. The van der Waals surface area contributed by atoms with Gasteiger partial charge >= 0.3 is 12.6 Å². The smallest absolute Gasteiger partial charge is 0.387 e. The van der Waals surface area contributed by atoms with Gasteiger partial charge in [0.25, 0.3) is 17.0 Å². The van der Waals surface area contributed by atoms with E-state index >= 15 is 0 Å². The van der Waals surface area contributed by atoms with Gasteiger partial charge in [-0.3, -0.25) is 19.7 Å². The lowest BCUT2D eigenvalue weighted by Gasteiger charge is -2.07. The van der Waals surface area contributed by atoms with E-state index in [1.165, 1.54) is 12.1 Å². The van der Waals surface area contributed by atoms with Crippen LogP contribution in [-0.4, -0.2) is 41.7 Å². The molecule has 1 aromatic heterocycles. The van der Waals surface area contributed by atoms with Crippen molar-refractivity contribution in [1.29, 1.82) is 0 Å². The number of amides is 2. The predicted octanol–water partition coefficient (Wildman–Crippen LogP) is 3.02. The number of benzene rings is 2. The quantitative estimate of drug-likeness (QED) is 0.424. The highest BCUT2D eigenvalue weighted by Gasteiger charge is 2.15.